The first-order chi connectivity index (χ1) is 17.4. The Morgan fingerprint density at radius 3 is 2.75 bits per heavy atom. The van der Waals surface area contributed by atoms with Gasteiger partial charge < -0.3 is 26.3 Å². The molecule has 0 atom stereocenters. The molecule has 36 heavy (non-hydrogen) atoms. The van der Waals surface area contributed by atoms with E-state index in [2.05, 4.69) is 41.9 Å². The second-order valence-corrected chi connectivity index (χ2v) is 9.83. The molecule has 2 aromatic heterocycles. The van der Waals surface area contributed by atoms with Crippen LogP contribution in [0, 0.1) is 5.41 Å². The van der Waals surface area contributed by atoms with Gasteiger partial charge in [0.2, 0.25) is 5.96 Å². The molecule has 3 aromatic rings. The molecule has 3 aliphatic heterocycles. The number of amides is 1. The maximum atomic E-state index is 13.1. The molecule has 12 nitrogen and oxygen atoms in total. The Morgan fingerprint density at radius 2 is 2.03 bits per heavy atom. The number of H-pyrrole nitrogens is 1. The number of carbonyl (C=O) groups excluding carboxylic acids is 1. The number of fused-ring (bicyclic) bond motifs is 1. The highest BCUT2D eigenvalue weighted by molar-refractivity contribution is 6.07. The number of nitrogens with one attached hydrogen (secondary N) is 3. The first-order valence-electron chi connectivity index (χ1n) is 11.8. The van der Waals surface area contributed by atoms with Gasteiger partial charge in [0.1, 0.15) is 11.5 Å². The van der Waals surface area contributed by atoms with Crippen LogP contribution in [0.1, 0.15) is 6.92 Å². The summed E-state index contributed by atoms with van der Waals surface area (Å²) in [5.41, 5.74) is 5.03. The van der Waals surface area contributed by atoms with E-state index in [-0.39, 0.29) is 12.5 Å². The van der Waals surface area contributed by atoms with Crippen LogP contribution in [-0.2, 0) is 4.79 Å². The molecule has 6 rings (SSSR count). The molecule has 2 saturated heterocycles. The predicted molar refractivity (Wildman–Crippen MR) is 138 cm³/mol. The van der Waals surface area contributed by atoms with Crippen molar-refractivity contribution in [2.45, 2.75) is 6.92 Å². The molecule has 0 bridgehead atoms. The molecular formula is C24H29N11O. The van der Waals surface area contributed by atoms with Gasteiger partial charge in [-0.3, -0.25) is 14.9 Å². The Labute approximate surface area is 208 Å². The number of benzene rings is 1. The number of nitrogens with zero attached hydrogens (tertiary/aromatic N) is 6. The smallest absolute Gasteiger partial charge is 0.255 e. The lowest BCUT2D eigenvalue weighted by atomic mass is 9.74. The van der Waals surface area contributed by atoms with Crippen molar-refractivity contribution in [1.29, 1.82) is 0 Å². The van der Waals surface area contributed by atoms with E-state index in [1.165, 1.54) is 5.01 Å². The topological polar surface area (TPSA) is 157 Å². The Balaban J connectivity index is 1.25. The first-order valence-corrected chi connectivity index (χ1v) is 11.8. The number of aromatic nitrogens is 3. The number of guanidine groups is 1. The molecule has 7 N–H and O–H groups in total. The summed E-state index contributed by atoms with van der Waals surface area (Å²) >= 11 is 0. The van der Waals surface area contributed by atoms with Crippen molar-refractivity contribution >= 4 is 34.3 Å². The molecule has 1 spiro atoms. The van der Waals surface area contributed by atoms with Crippen LogP contribution in [0.5, 0.6) is 0 Å². The molecular weight excluding hydrogens is 458 g/mol. The van der Waals surface area contributed by atoms with Crippen LogP contribution in [0.15, 0.2) is 52.9 Å². The highest BCUT2D eigenvalue weighted by Crippen LogP contribution is 2.38. The summed E-state index contributed by atoms with van der Waals surface area (Å²) in [7, 11) is 1.77. The second-order valence-electron chi connectivity index (χ2n) is 9.83. The zero-order chi connectivity index (χ0) is 25.0. The molecule has 5 heterocycles. The lowest BCUT2D eigenvalue weighted by Crippen LogP contribution is -2.71. The van der Waals surface area contributed by atoms with Gasteiger partial charge in [-0.2, -0.15) is 5.10 Å². The normalized spacial score (nSPS) is 20.2. The van der Waals surface area contributed by atoms with E-state index in [9.17, 15) is 4.79 Å². The summed E-state index contributed by atoms with van der Waals surface area (Å²) in [5.74, 6) is 12.6. The SMILES string of the molecule is CC1=C(C(=O)Nc2ccc3[nH]nc(-c4ccnc(N5CC6(CNC6)C5)c4)c3c2)CN(N)/C(=N\N)N1C. The number of hydrazone groups is 1. The lowest BCUT2D eigenvalue weighted by Gasteiger charge is -2.56. The Bertz CT molecular complexity index is 1410. The van der Waals surface area contributed by atoms with Gasteiger partial charge in [0.05, 0.1) is 17.6 Å². The maximum Gasteiger partial charge on any atom is 0.255 e. The van der Waals surface area contributed by atoms with Crippen LogP contribution in [0.3, 0.4) is 0 Å². The summed E-state index contributed by atoms with van der Waals surface area (Å²) in [5, 5.41) is 20.0. The van der Waals surface area contributed by atoms with Gasteiger partial charge in [-0.05, 0) is 37.3 Å². The quantitative estimate of drug-likeness (QED) is 0.263. The van der Waals surface area contributed by atoms with Crippen LogP contribution in [0.25, 0.3) is 22.2 Å². The van der Waals surface area contributed by atoms with Crippen molar-refractivity contribution in [1.82, 2.24) is 30.4 Å². The minimum absolute atomic E-state index is 0.199. The second kappa shape index (κ2) is 8.21. The molecule has 0 unspecified atom stereocenters. The van der Waals surface area contributed by atoms with Crippen LogP contribution in [0.4, 0.5) is 11.5 Å². The minimum Gasteiger partial charge on any atom is -0.355 e. The van der Waals surface area contributed by atoms with E-state index in [4.69, 9.17) is 11.7 Å². The number of hydrogen-bond donors (Lipinski definition) is 5. The number of anilines is 2. The van der Waals surface area contributed by atoms with Crippen LogP contribution >= 0.6 is 0 Å². The largest absolute Gasteiger partial charge is 0.355 e. The monoisotopic (exact) mass is 487 g/mol. The fourth-order valence-electron chi connectivity index (χ4n) is 5.18. The Morgan fingerprint density at radius 1 is 1.22 bits per heavy atom. The standard InChI is InChI=1S/C24H29N11O/c1-14-18(9-35(26)23(30-25)33(14)2)22(36)29-16-3-4-19-17(8-16)21(32-31-19)15-5-6-28-20(7-15)34-12-24(13-34)10-27-11-24/h3-8,27H,9-13,25-26H2,1-2H3,(H,29,36)(H,31,32)/b30-23-. The van der Waals surface area contributed by atoms with Crippen molar-refractivity contribution in [2.24, 2.45) is 22.2 Å². The Hall–Kier alpha value is -4.16. The number of rotatable bonds is 4. The van der Waals surface area contributed by atoms with E-state index in [0.29, 0.717) is 22.6 Å². The van der Waals surface area contributed by atoms with E-state index in [1.807, 2.05) is 37.4 Å². The summed E-state index contributed by atoms with van der Waals surface area (Å²) in [6, 6.07) is 9.73. The average molecular weight is 488 g/mol. The number of allylic oxidation sites excluding steroid dienone is 1. The van der Waals surface area contributed by atoms with Crippen molar-refractivity contribution in [3.05, 3.63) is 47.8 Å². The molecule has 186 valence electrons. The van der Waals surface area contributed by atoms with Crippen molar-refractivity contribution in [2.75, 3.05) is 50.0 Å². The number of hydrogen-bond acceptors (Lipinski definition) is 8. The average Bonchev–Trinajstić information content (AvgIpc) is 3.23. The molecule has 0 saturated carbocycles. The van der Waals surface area contributed by atoms with Crippen LogP contribution < -0.4 is 27.2 Å². The maximum absolute atomic E-state index is 13.1. The van der Waals surface area contributed by atoms with Gasteiger partial charge in [0, 0.05) is 67.2 Å². The third kappa shape index (κ3) is 3.53. The number of aromatic amines is 1. The third-order valence-electron chi connectivity index (χ3n) is 7.43. The summed E-state index contributed by atoms with van der Waals surface area (Å²) < 4.78 is 0. The molecule has 0 radical (unpaired) electrons. The fourth-order valence-corrected chi connectivity index (χ4v) is 5.18. The zero-order valence-electron chi connectivity index (χ0n) is 20.2. The number of hydrazine groups is 1. The highest BCUT2D eigenvalue weighted by Gasteiger charge is 2.48. The van der Waals surface area contributed by atoms with Crippen molar-refractivity contribution in [3.8, 4) is 11.3 Å². The predicted octanol–water partition coefficient (Wildman–Crippen LogP) is 0.598. The highest BCUT2D eigenvalue weighted by atomic mass is 16.1. The molecule has 1 aromatic carbocycles. The molecule has 12 heteroatoms. The van der Waals surface area contributed by atoms with Crippen molar-refractivity contribution < 1.29 is 4.79 Å². The van der Waals surface area contributed by atoms with Gasteiger partial charge in [0.25, 0.3) is 5.91 Å². The van der Waals surface area contributed by atoms with Crippen molar-refractivity contribution in [3.63, 3.8) is 0 Å². The first kappa shape index (κ1) is 22.3. The fraction of sp³-hybridized carbons (Fsp3) is 0.333. The number of pyridine rings is 1. The van der Waals surface area contributed by atoms with E-state index in [0.717, 1.165) is 59.9 Å². The zero-order valence-corrected chi connectivity index (χ0v) is 20.2. The van der Waals surface area contributed by atoms with Gasteiger partial charge >= 0.3 is 0 Å². The van der Waals surface area contributed by atoms with Gasteiger partial charge in [-0.15, -0.1) is 5.10 Å². The van der Waals surface area contributed by atoms with E-state index >= 15 is 0 Å². The van der Waals surface area contributed by atoms with E-state index < -0.39 is 0 Å². The van der Waals surface area contributed by atoms with Gasteiger partial charge in [-0.25, -0.2) is 10.8 Å². The lowest BCUT2D eigenvalue weighted by molar-refractivity contribution is -0.113. The van der Waals surface area contributed by atoms with Crippen LogP contribution in [-0.4, -0.2) is 76.7 Å². The molecule has 0 aliphatic carbocycles. The van der Waals surface area contributed by atoms with Gasteiger partial charge in [0.15, 0.2) is 0 Å². The molecule has 3 aliphatic rings. The van der Waals surface area contributed by atoms with Gasteiger partial charge in [-0.1, -0.05) is 0 Å². The molecule has 1 amide bonds. The number of carbonyl (C=O) groups is 1. The Kier molecular flexibility index (Phi) is 5.09. The number of nitrogens with two attached hydrogens (primary N) is 2. The summed E-state index contributed by atoms with van der Waals surface area (Å²) in [6.07, 6.45) is 1.83. The van der Waals surface area contributed by atoms with E-state index in [1.54, 1.807) is 11.9 Å². The minimum atomic E-state index is -0.237. The van der Waals surface area contributed by atoms with Crippen LogP contribution in [0.2, 0.25) is 0 Å². The third-order valence-corrected chi connectivity index (χ3v) is 7.43. The molecule has 2 fully saturated rings. The summed E-state index contributed by atoms with van der Waals surface area (Å²) in [4.78, 5) is 21.7. The summed E-state index contributed by atoms with van der Waals surface area (Å²) in [6.45, 7) is 6.26.